The molecule has 4 aromatic rings. The first-order chi connectivity index (χ1) is 16.4. The highest BCUT2D eigenvalue weighted by Gasteiger charge is 2.32. The van der Waals surface area contributed by atoms with Crippen LogP contribution in [0.2, 0.25) is 0 Å². The van der Waals surface area contributed by atoms with Crippen molar-refractivity contribution in [2.75, 3.05) is 18.6 Å². The molecule has 1 fully saturated rings. The molecule has 4 heterocycles. The maximum Gasteiger partial charge on any atom is 0.252 e. The van der Waals surface area contributed by atoms with Gasteiger partial charge >= 0.3 is 0 Å². The van der Waals surface area contributed by atoms with Gasteiger partial charge in [-0.1, -0.05) is 18.2 Å². The van der Waals surface area contributed by atoms with Crippen LogP contribution in [0.1, 0.15) is 34.1 Å². The smallest absolute Gasteiger partial charge is 0.252 e. The summed E-state index contributed by atoms with van der Waals surface area (Å²) in [5, 5.41) is 8.17. The second-order valence-electron chi connectivity index (χ2n) is 8.31. The quantitative estimate of drug-likeness (QED) is 0.450. The second kappa shape index (κ2) is 8.60. The Morgan fingerprint density at radius 3 is 2.79 bits per heavy atom. The van der Waals surface area contributed by atoms with Gasteiger partial charge in [0.05, 0.1) is 47.6 Å². The lowest BCUT2D eigenvalue weighted by molar-refractivity contribution is 0.0952. The number of carbonyl (C=O) groups is 1. The minimum Gasteiger partial charge on any atom is -0.496 e. The zero-order valence-electron chi connectivity index (χ0n) is 18.8. The number of nitrogens with zero attached hydrogens (tertiary/aromatic N) is 3. The van der Waals surface area contributed by atoms with Gasteiger partial charge in [-0.3, -0.25) is 4.79 Å². The molecule has 0 saturated carbocycles. The molecule has 10 heteroatoms. The minimum absolute atomic E-state index is 0.00517. The molecule has 1 amide bonds. The molecule has 1 aliphatic heterocycles. The Morgan fingerprint density at radius 1 is 1.26 bits per heavy atom. The molecule has 0 bridgehead atoms. The van der Waals surface area contributed by atoms with Crippen LogP contribution in [0.5, 0.6) is 5.75 Å². The Hall–Kier alpha value is -3.66. The zero-order valence-corrected chi connectivity index (χ0v) is 19.6. The number of amides is 1. The van der Waals surface area contributed by atoms with Crippen molar-refractivity contribution in [3.8, 4) is 17.2 Å². The highest BCUT2D eigenvalue weighted by molar-refractivity contribution is 7.91. The van der Waals surface area contributed by atoms with Crippen LogP contribution in [0, 0.1) is 6.92 Å². The van der Waals surface area contributed by atoms with E-state index in [0.29, 0.717) is 45.9 Å². The molecule has 1 unspecified atom stereocenters. The van der Waals surface area contributed by atoms with Gasteiger partial charge in [0.15, 0.2) is 21.2 Å². The van der Waals surface area contributed by atoms with E-state index in [9.17, 15) is 13.2 Å². The Labute approximate surface area is 196 Å². The van der Waals surface area contributed by atoms with E-state index in [0.717, 1.165) is 5.56 Å². The number of aromatic nitrogens is 3. The molecule has 1 atom stereocenters. The van der Waals surface area contributed by atoms with Crippen LogP contribution in [0.3, 0.4) is 0 Å². The fraction of sp³-hybridized carbons (Fsp3) is 0.292. The number of furan rings is 1. The molecule has 3 aromatic heterocycles. The van der Waals surface area contributed by atoms with E-state index in [1.807, 2.05) is 24.3 Å². The number of pyridine rings is 1. The maximum absolute atomic E-state index is 13.4. The second-order valence-corrected chi connectivity index (χ2v) is 10.5. The summed E-state index contributed by atoms with van der Waals surface area (Å²) in [5.74, 6) is 1.01. The normalized spacial score (nSPS) is 17.2. The summed E-state index contributed by atoms with van der Waals surface area (Å²) >= 11 is 0. The number of benzene rings is 1. The van der Waals surface area contributed by atoms with E-state index in [1.54, 1.807) is 36.9 Å². The third-order valence-electron chi connectivity index (χ3n) is 6.04. The molecule has 5 rings (SSSR count). The van der Waals surface area contributed by atoms with Crippen molar-refractivity contribution in [2.24, 2.45) is 0 Å². The predicted molar refractivity (Wildman–Crippen MR) is 126 cm³/mol. The number of hydrogen-bond donors (Lipinski definition) is 1. The summed E-state index contributed by atoms with van der Waals surface area (Å²) in [7, 11) is -1.54. The highest BCUT2D eigenvalue weighted by Crippen LogP contribution is 2.32. The molecular weight excluding hydrogens is 456 g/mol. The number of fused-ring (bicyclic) bond motifs is 1. The third-order valence-corrected chi connectivity index (χ3v) is 7.79. The number of hydrogen-bond acceptors (Lipinski definition) is 7. The molecule has 1 N–H and O–H groups in total. The molecule has 1 aromatic carbocycles. The summed E-state index contributed by atoms with van der Waals surface area (Å²) < 4.78 is 36.8. The number of methoxy groups -OCH3 is 1. The Bertz CT molecular complexity index is 1470. The molecule has 9 nitrogen and oxygen atoms in total. The van der Waals surface area contributed by atoms with Crippen molar-refractivity contribution in [1.29, 1.82) is 0 Å². The van der Waals surface area contributed by atoms with Gasteiger partial charge in [0.2, 0.25) is 0 Å². The molecule has 176 valence electrons. The predicted octanol–water partition coefficient (Wildman–Crippen LogP) is 3.30. The van der Waals surface area contributed by atoms with Crippen LogP contribution in [0.25, 0.3) is 22.5 Å². The average Bonchev–Trinajstić information content (AvgIpc) is 3.56. The molecule has 0 radical (unpaired) electrons. The lowest BCUT2D eigenvalue weighted by atomic mass is 10.1. The lowest BCUT2D eigenvalue weighted by Gasteiger charge is -2.12. The third kappa shape index (κ3) is 4.05. The fourth-order valence-electron chi connectivity index (χ4n) is 4.39. The Kier molecular flexibility index (Phi) is 5.60. The Balaban J connectivity index is 1.58. The van der Waals surface area contributed by atoms with Gasteiger partial charge in [-0.15, -0.1) is 0 Å². The number of ether oxygens (including phenoxy) is 1. The van der Waals surface area contributed by atoms with E-state index in [1.165, 1.54) is 6.26 Å². The van der Waals surface area contributed by atoms with Gasteiger partial charge in [0.1, 0.15) is 11.4 Å². The Morgan fingerprint density at radius 2 is 2.09 bits per heavy atom. The number of nitrogens with one attached hydrogen (secondary N) is 1. The topological polar surface area (TPSA) is 116 Å². The van der Waals surface area contributed by atoms with Gasteiger partial charge in [0.25, 0.3) is 5.91 Å². The van der Waals surface area contributed by atoms with Crippen molar-refractivity contribution in [3.05, 3.63) is 65.5 Å². The summed E-state index contributed by atoms with van der Waals surface area (Å²) in [4.78, 5) is 18.1. The minimum atomic E-state index is -3.13. The standard InChI is InChI=1S/C24H24N4O5S/c1-15-22-18(24(29)25-13-16-6-3-4-7-20(16)32-2)12-19(21-8-5-10-33-21)26-23(22)28(27-15)17-9-11-34(30,31)14-17/h3-8,10,12,17H,9,11,13-14H2,1-2H3,(H,25,29). The van der Waals surface area contributed by atoms with Crippen LogP contribution in [-0.4, -0.2) is 47.7 Å². The monoisotopic (exact) mass is 480 g/mol. The zero-order chi connectivity index (χ0) is 23.9. The molecule has 1 aliphatic rings. The van der Waals surface area contributed by atoms with Crippen LogP contribution < -0.4 is 10.1 Å². The van der Waals surface area contributed by atoms with Crippen molar-refractivity contribution < 1.29 is 22.4 Å². The first-order valence-electron chi connectivity index (χ1n) is 10.9. The van der Waals surface area contributed by atoms with Crippen LogP contribution >= 0.6 is 0 Å². The van der Waals surface area contributed by atoms with Crippen molar-refractivity contribution in [3.63, 3.8) is 0 Å². The summed E-state index contributed by atoms with van der Waals surface area (Å²) in [6.07, 6.45) is 2.00. The molecular formula is C24H24N4O5S. The number of carbonyl (C=O) groups excluding carboxylic acids is 1. The van der Waals surface area contributed by atoms with E-state index >= 15 is 0 Å². The van der Waals surface area contributed by atoms with E-state index in [2.05, 4.69) is 10.4 Å². The largest absolute Gasteiger partial charge is 0.496 e. The van der Waals surface area contributed by atoms with E-state index in [4.69, 9.17) is 14.1 Å². The summed E-state index contributed by atoms with van der Waals surface area (Å²) in [5.41, 5.74) is 2.80. The van der Waals surface area contributed by atoms with Crippen LogP contribution in [0.4, 0.5) is 0 Å². The fourth-order valence-corrected chi connectivity index (χ4v) is 6.08. The average molecular weight is 481 g/mol. The van der Waals surface area contributed by atoms with E-state index in [-0.39, 0.29) is 30.0 Å². The SMILES string of the molecule is COc1ccccc1CNC(=O)c1cc(-c2ccco2)nc2c1c(C)nn2C1CCS(=O)(=O)C1. The first kappa shape index (κ1) is 22.1. The van der Waals surface area contributed by atoms with Crippen LogP contribution in [0.15, 0.2) is 53.1 Å². The van der Waals surface area contributed by atoms with Gasteiger partial charge < -0.3 is 14.5 Å². The molecule has 34 heavy (non-hydrogen) atoms. The summed E-state index contributed by atoms with van der Waals surface area (Å²) in [6, 6.07) is 12.3. The summed E-state index contributed by atoms with van der Waals surface area (Å²) in [6.45, 7) is 2.07. The van der Waals surface area contributed by atoms with Gasteiger partial charge in [0, 0.05) is 12.1 Å². The van der Waals surface area contributed by atoms with Gasteiger partial charge in [-0.2, -0.15) is 5.10 Å². The highest BCUT2D eigenvalue weighted by atomic mass is 32.2. The van der Waals surface area contributed by atoms with Crippen molar-refractivity contribution >= 4 is 26.8 Å². The lowest BCUT2D eigenvalue weighted by Crippen LogP contribution is -2.23. The van der Waals surface area contributed by atoms with Gasteiger partial charge in [-0.25, -0.2) is 18.1 Å². The number of rotatable bonds is 6. The van der Waals surface area contributed by atoms with Gasteiger partial charge in [-0.05, 0) is 37.6 Å². The van der Waals surface area contributed by atoms with E-state index < -0.39 is 9.84 Å². The first-order valence-corrected chi connectivity index (χ1v) is 12.7. The molecule has 0 aliphatic carbocycles. The molecule has 1 saturated heterocycles. The molecule has 0 spiro atoms. The maximum atomic E-state index is 13.4. The number of para-hydroxylation sites is 1. The number of aryl methyl sites for hydroxylation is 1. The van der Waals surface area contributed by atoms with Crippen LogP contribution in [-0.2, 0) is 16.4 Å². The van der Waals surface area contributed by atoms with Crippen molar-refractivity contribution in [2.45, 2.75) is 25.9 Å². The number of sulfone groups is 1. The van der Waals surface area contributed by atoms with Crippen molar-refractivity contribution in [1.82, 2.24) is 20.1 Å².